The van der Waals surface area contributed by atoms with Crippen molar-refractivity contribution in [2.45, 2.75) is 57.5 Å². The van der Waals surface area contributed by atoms with Gasteiger partial charge in [-0.05, 0) is 78.2 Å². The fraction of sp³-hybridized carbons (Fsp3) is 1.00. The standard InChI is InChI=1S/C17H35N3/c1-5-14-6-7-16(18-2)17(12-14)20(4)13-15-8-10-19(3)11-9-15/h14-18H,5-13H2,1-4H3. The Labute approximate surface area is 126 Å². The van der Waals surface area contributed by atoms with E-state index in [4.69, 9.17) is 0 Å². The summed E-state index contributed by atoms with van der Waals surface area (Å²) in [5.74, 6) is 1.86. The van der Waals surface area contributed by atoms with E-state index in [1.165, 1.54) is 58.2 Å². The van der Waals surface area contributed by atoms with E-state index in [9.17, 15) is 0 Å². The summed E-state index contributed by atoms with van der Waals surface area (Å²) < 4.78 is 0. The Bertz CT molecular complexity index is 273. The third kappa shape index (κ3) is 4.19. The third-order valence-corrected chi connectivity index (χ3v) is 5.82. The predicted octanol–water partition coefficient (Wildman–Crippen LogP) is 2.43. The van der Waals surface area contributed by atoms with Crippen LogP contribution in [0.25, 0.3) is 0 Å². The van der Waals surface area contributed by atoms with Crippen molar-refractivity contribution in [2.24, 2.45) is 11.8 Å². The second kappa shape index (κ2) is 7.77. The van der Waals surface area contributed by atoms with Crippen LogP contribution in [0.1, 0.15) is 45.4 Å². The molecule has 0 aromatic carbocycles. The van der Waals surface area contributed by atoms with Gasteiger partial charge in [0.15, 0.2) is 0 Å². The minimum Gasteiger partial charge on any atom is -0.315 e. The van der Waals surface area contributed by atoms with Crippen molar-refractivity contribution in [2.75, 3.05) is 40.8 Å². The number of nitrogens with one attached hydrogen (secondary N) is 1. The van der Waals surface area contributed by atoms with E-state index in [1.54, 1.807) is 0 Å². The quantitative estimate of drug-likeness (QED) is 0.835. The fourth-order valence-corrected chi connectivity index (χ4v) is 4.21. The van der Waals surface area contributed by atoms with Crippen LogP contribution in [0.5, 0.6) is 0 Å². The number of hydrogen-bond donors (Lipinski definition) is 1. The van der Waals surface area contributed by atoms with Crippen molar-refractivity contribution >= 4 is 0 Å². The van der Waals surface area contributed by atoms with Gasteiger partial charge in [0, 0.05) is 18.6 Å². The lowest BCUT2D eigenvalue weighted by atomic mass is 9.80. The van der Waals surface area contributed by atoms with Crippen LogP contribution in [0.4, 0.5) is 0 Å². The van der Waals surface area contributed by atoms with Crippen LogP contribution in [0.15, 0.2) is 0 Å². The van der Waals surface area contributed by atoms with E-state index in [-0.39, 0.29) is 0 Å². The van der Waals surface area contributed by atoms with Crippen molar-refractivity contribution in [3.8, 4) is 0 Å². The average molecular weight is 281 g/mol. The van der Waals surface area contributed by atoms with Gasteiger partial charge in [-0.25, -0.2) is 0 Å². The molecule has 1 saturated carbocycles. The first-order valence-electron chi connectivity index (χ1n) is 8.70. The van der Waals surface area contributed by atoms with Crippen LogP contribution in [-0.4, -0.2) is 62.7 Å². The number of rotatable bonds is 5. The molecule has 0 aromatic heterocycles. The lowest BCUT2D eigenvalue weighted by Crippen LogP contribution is -2.52. The summed E-state index contributed by atoms with van der Waals surface area (Å²) in [6.45, 7) is 6.23. The summed E-state index contributed by atoms with van der Waals surface area (Å²) in [5.41, 5.74) is 0. The van der Waals surface area contributed by atoms with Gasteiger partial charge < -0.3 is 15.1 Å². The molecule has 2 aliphatic rings. The number of likely N-dealkylation sites (tertiary alicyclic amines) is 1. The topological polar surface area (TPSA) is 18.5 Å². The zero-order valence-corrected chi connectivity index (χ0v) is 14.1. The minimum atomic E-state index is 0.703. The maximum absolute atomic E-state index is 3.57. The van der Waals surface area contributed by atoms with Gasteiger partial charge in [0.25, 0.3) is 0 Å². The van der Waals surface area contributed by atoms with Crippen molar-refractivity contribution in [3.05, 3.63) is 0 Å². The number of likely N-dealkylation sites (N-methyl/N-ethyl adjacent to an activating group) is 2. The van der Waals surface area contributed by atoms with Gasteiger partial charge in [-0.1, -0.05) is 13.3 Å². The van der Waals surface area contributed by atoms with E-state index in [0.717, 1.165) is 17.9 Å². The molecule has 1 saturated heterocycles. The first kappa shape index (κ1) is 16.3. The Hall–Kier alpha value is -0.120. The highest BCUT2D eigenvalue weighted by atomic mass is 15.2. The number of nitrogens with zero attached hydrogens (tertiary/aromatic N) is 2. The van der Waals surface area contributed by atoms with E-state index in [1.807, 2.05) is 0 Å². The van der Waals surface area contributed by atoms with Gasteiger partial charge in [-0.2, -0.15) is 0 Å². The summed E-state index contributed by atoms with van der Waals surface area (Å²) in [4.78, 5) is 5.15. The Kier molecular flexibility index (Phi) is 6.31. The van der Waals surface area contributed by atoms with Gasteiger partial charge in [0.1, 0.15) is 0 Å². The Balaban J connectivity index is 1.86. The largest absolute Gasteiger partial charge is 0.315 e. The van der Waals surface area contributed by atoms with Gasteiger partial charge in [-0.15, -0.1) is 0 Å². The molecular weight excluding hydrogens is 246 g/mol. The van der Waals surface area contributed by atoms with Gasteiger partial charge >= 0.3 is 0 Å². The van der Waals surface area contributed by atoms with Gasteiger partial charge in [0.2, 0.25) is 0 Å². The minimum absolute atomic E-state index is 0.703. The molecule has 0 amide bonds. The second-order valence-electron chi connectivity index (χ2n) is 7.24. The molecule has 0 aromatic rings. The molecule has 118 valence electrons. The Morgan fingerprint density at radius 2 is 1.80 bits per heavy atom. The van der Waals surface area contributed by atoms with Crippen LogP contribution in [0, 0.1) is 11.8 Å². The second-order valence-corrected chi connectivity index (χ2v) is 7.24. The van der Waals surface area contributed by atoms with Gasteiger partial charge in [0.05, 0.1) is 0 Å². The van der Waals surface area contributed by atoms with Crippen molar-refractivity contribution in [1.29, 1.82) is 0 Å². The van der Waals surface area contributed by atoms with E-state index in [2.05, 4.69) is 43.2 Å². The molecule has 20 heavy (non-hydrogen) atoms. The summed E-state index contributed by atoms with van der Waals surface area (Å²) in [6, 6.07) is 1.45. The lowest BCUT2D eigenvalue weighted by Gasteiger charge is -2.43. The summed E-state index contributed by atoms with van der Waals surface area (Å²) >= 11 is 0. The molecule has 1 N–H and O–H groups in total. The summed E-state index contributed by atoms with van der Waals surface area (Å²) in [6.07, 6.45) is 8.29. The van der Waals surface area contributed by atoms with Gasteiger partial charge in [-0.3, -0.25) is 0 Å². The Morgan fingerprint density at radius 1 is 1.10 bits per heavy atom. The molecule has 1 aliphatic heterocycles. The first-order chi connectivity index (χ1) is 9.63. The maximum atomic E-state index is 3.57. The van der Waals surface area contributed by atoms with Crippen molar-refractivity contribution < 1.29 is 0 Å². The highest BCUT2D eigenvalue weighted by Crippen LogP contribution is 2.30. The predicted molar refractivity (Wildman–Crippen MR) is 87.1 cm³/mol. The third-order valence-electron chi connectivity index (χ3n) is 5.82. The van der Waals surface area contributed by atoms with Crippen LogP contribution in [-0.2, 0) is 0 Å². The molecule has 3 unspecified atom stereocenters. The smallest absolute Gasteiger partial charge is 0.0248 e. The fourth-order valence-electron chi connectivity index (χ4n) is 4.21. The molecule has 3 heteroatoms. The normalized spacial score (nSPS) is 33.8. The maximum Gasteiger partial charge on any atom is 0.0248 e. The monoisotopic (exact) mass is 281 g/mol. The molecule has 1 heterocycles. The zero-order valence-electron chi connectivity index (χ0n) is 14.1. The average Bonchev–Trinajstić information content (AvgIpc) is 2.48. The van der Waals surface area contributed by atoms with Crippen LogP contribution < -0.4 is 5.32 Å². The molecule has 0 spiro atoms. The van der Waals surface area contributed by atoms with E-state index < -0.39 is 0 Å². The van der Waals surface area contributed by atoms with E-state index in [0.29, 0.717) is 6.04 Å². The van der Waals surface area contributed by atoms with Crippen LogP contribution >= 0.6 is 0 Å². The molecule has 2 fully saturated rings. The van der Waals surface area contributed by atoms with Crippen LogP contribution in [0.2, 0.25) is 0 Å². The SMILES string of the molecule is CCC1CCC(NC)C(N(C)CC2CCN(C)CC2)C1. The first-order valence-corrected chi connectivity index (χ1v) is 8.70. The summed E-state index contributed by atoms with van der Waals surface area (Å²) in [7, 11) is 6.77. The molecule has 1 aliphatic carbocycles. The molecule has 0 bridgehead atoms. The van der Waals surface area contributed by atoms with Crippen LogP contribution in [0.3, 0.4) is 0 Å². The molecule has 3 nitrogen and oxygen atoms in total. The molecule has 2 rings (SSSR count). The summed E-state index contributed by atoms with van der Waals surface area (Å²) in [5, 5.41) is 3.57. The molecule has 0 radical (unpaired) electrons. The molecule has 3 atom stereocenters. The molecular formula is C17H35N3. The Morgan fingerprint density at radius 3 is 2.40 bits per heavy atom. The van der Waals surface area contributed by atoms with E-state index >= 15 is 0 Å². The zero-order chi connectivity index (χ0) is 14.5. The highest BCUT2D eigenvalue weighted by Gasteiger charge is 2.32. The lowest BCUT2D eigenvalue weighted by molar-refractivity contribution is 0.0909. The van der Waals surface area contributed by atoms with Crippen molar-refractivity contribution in [1.82, 2.24) is 15.1 Å². The number of hydrogen-bond acceptors (Lipinski definition) is 3. The highest BCUT2D eigenvalue weighted by molar-refractivity contribution is 4.90. The van der Waals surface area contributed by atoms with Crippen molar-refractivity contribution in [3.63, 3.8) is 0 Å². The number of piperidine rings is 1.